The summed E-state index contributed by atoms with van der Waals surface area (Å²) in [7, 11) is 0. The van der Waals surface area contributed by atoms with Gasteiger partial charge in [0.1, 0.15) is 6.04 Å². The lowest BCUT2D eigenvalue weighted by Gasteiger charge is -2.32. The van der Waals surface area contributed by atoms with E-state index in [2.05, 4.69) is 33.8 Å². The minimum atomic E-state index is -0.236. The van der Waals surface area contributed by atoms with E-state index in [1.807, 2.05) is 18.2 Å². The molecule has 0 aliphatic carbocycles. The van der Waals surface area contributed by atoms with Gasteiger partial charge < -0.3 is 15.1 Å². The number of amides is 1. The lowest BCUT2D eigenvalue weighted by molar-refractivity contribution is -0.130. The van der Waals surface area contributed by atoms with Crippen LogP contribution in [0.1, 0.15) is 25.7 Å². The van der Waals surface area contributed by atoms with Gasteiger partial charge in [-0.2, -0.15) is 5.26 Å². The highest BCUT2D eigenvalue weighted by molar-refractivity contribution is 7.14. The number of likely N-dealkylation sites (tertiary alicyclic amines) is 1. The minimum absolute atomic E-state index is 0.0545. The van der Waals surface area contributed by atoms with Gasteiger partial charge in [0.05, 0.1) is 18.3 Å². The third-order valence-electron chi connectivity index (χ3n) is 5.59. The van der Waals surface area contributed by atoms with E-state index in [1.54, 1.807) is 16.2 Å². The molecule has 6 nitrogen and oxygen atoms in total. The molecule has 1 atom stereocenters. The summed E-state index contributed by atoms with van der Waals surface area (Å²) in [4.78, 5) is 21.2. The average Bonchev–Trinajstić information content (AvgIpc) is 3.43. The maximum Gasteiger partial charge on any atom is 0.237 e. The molecule has 0 saturated carbocycles. The molecule has 0 radical (unpaired) electrons. The molecule has 2 saturated heterocycles. The third kappa shape index (κ3) is 4.18. The molecule has 4 rings (SSSR count). The number of anilines is 1. The number of rotatable bonds is 5. The van der Waals surface area contributed by atoms with Gasteiger partial charge in [-0.3, -0.25) is 4.79 Å². The Hall–Kier alpha value is -2.43. The van der Waals surface area contributed by atoms with E-state index in [9.17, 15) is 4.79 Å². The SMILES string of the molecule is N#C[C@@H]1CCCN1C(=O)CNC1CCN(c2nc(-c3ccccc3)cs2)CC1. The summed E-state index contributed by atoms with van der Waals surface area (Å²) in [6, 6.07) is 12.6. The number of carbonyl (C=O) groups excluding carboxylic acids is 1. The average molecular weight is 396 g/mol. The topological polar surface area (TPSA) is 72.3 Å². The fourth-order valence-electron chi connectivity index (χ4n) is 3.96. The Morgan fingerprint density at radius 1 is 1.21 bits per heavy atom. The summed E-state index contributed by atoms with van der Waals surface area (Å²) in [5, 5.41) is 15.7. The summed E-state index contributed by atoms with van der Waals surface area (Å²) < 4.78 is 0. The largest absolute Gasteiger partial charge is 0.348 e. The molecular weight excluding hydrogens is 370 g/mol. The van der Waals surface area contributed by atoms with Crippen LogP contribution in [0.5, 0.6) is 0 Å². The van der Waals surface area contributed by atoms with Crippen molar-refractivity contribution in [2.75, 3.05) is 31.1 Å². The van der Waals surface area contributed by atoms with E-state index in [-0.39, 0.29) is 11.9 Å². The third-order valence-corrected chi connectivity index (χ3v) is 6.49. The molecule has 2 aliphatic heterocycles. The van der Waals surface area contributed by atoms with Crippen LogP contribution < -0.4 is 10.2 Å². The number of hydrogen-bond donors (Lipinski definition) is 1. The smallest absolute Gasteiger partial charge is 0.237 e. The van der Waals surface area contributed by atoms with Crippen LogP contribution in [0.25, 0.3) is 11.3 Å². The molecule has 3 heterocycles. The maximum absolute atomic E-state index is 12.4. The molecule has 0 spiro atoms. The predicted molar refractivity (Wildman–Crippen MR) is 111 cm³/mol. The summed E-state index contributed by atoms with van der Waals surface area (Å²) in [5.74, 6) is 0.0545. The van der Waals surface area contributed by atoms with Crippen LogP contribution in [0.4, 0.5) is 5.13 Å². The number of nitrogens with one attached hydrogen (secondary N) is 1. The highest BCUT2D eigenvalue weighted by Gasteiger charge is 2.29. The van der Waals surface area contributed by atoms with Gasteiger partial charge in [0.25, 0.3) is 0 Å². The summed E-state index contributed by atoms with van der Waals surface area (Å²) >= 11 is 1.69. The molecule has 146 valence electrons. The van der Waals surface area contributed by atoms with Crippen LogP contribution in [0.3, 0.4) is 0 Å². The van der Waals surface area contributed by atoms with Crippen LogP contribution in [0.2, 0.25) is 0 Å². The molecule has 1 aromatic heterocycles. The van der Waals surface area contributed by atoms with Crippen molar-refractivity contribution in [1.29, 1.82) is 5.26 Å². The first kappa shape index (κ1) is 18.9. The first-order valence-corrected chi connectivity index (χ1v) is 10.8. The van der Waals surface area contributed by atoms with E-state index >= 15 is 0 Å². The van der Waals surface area contributed by atoms with Crippen LogP contribution >= 0.6 is 11.3 Å². The van der Waals surface area contributed by atoms with Gasteiger partial charge in [0, 0.05) is 36.6 Å². The van der Waals surface area contributed by atoms with E-state index in [4.69, 9.17) is 10.2 Å². The van der Waals surface area contributed by atoms with Gasteiger partial charge in [-0.05, 0) is 25.7 Å². The van der Waals surface area contributed by atoms with Gasteiger partial charge in [-0.25, -0.2) is 4.98 Å². The normalized spacial score (nSPS) is 20.3. The fourth-order valence-corrected chi connectivity index (χ4v) is 4.85. The number of nitriles is 1. The molecule has 2 fully saturated rings. The van der Waals surface area contributed by atoms with Crippen molar-refractivity contribution >= 4 is 22.4 Å². The Bertz CT molecular complexity index is 838. The van der Waals surface area contributed by atoms with Crippen LogP contribution in [0, 0.1) is 11.3 Å². The highest BCUT2D eigenvalue weighted by atomic mass is 32.1. The molecule has 7 heteroatoms. The van der Waals surface area contributed by atoms with Crippen molar-refractivity contribution in [1.82, 2.24) is 15.2 Å². The van der Waals surface area contributed by atoms with Crippen LogP contribution in [-0.2, 0) is 4.79 Å². The Kier molecular flexibility index (Phi) is 5.89. The minimum Gasteiger partial charge on any atom is -0.348 e. The highest BCUT2D eigenvalue weighted by Crippen LogP contribution is 2.29. The Labute approximate surface area is 169 Å². The van der Waals surface area contributed by atoms with Crippen molar-refractivity contribution in [3.63, 3.8) is 0 Å². The predicted octanol–water partition coefficient (Wildman–Crippen LogP) is 2.88. The Balaban J connectivity index is 1.26. The summed E-state index contributed by atoms with van der Waals surface area (Å²) in [6.07, 6.45) is 3.73. The molecule has 0 unspecified atom stereocenters. The van der Waals surface area contributed by atoms with Crippen molar-refractivity contribution in [3.05, 3.63) is 35.7 Å². The van der Waals surface area contributed by atoms with Crippen molar-refractivity contribution in [3.8, 4) is 17.3 Å². The van der Waals surface area contributed by atoms with Crippen LogP contribution in [-0.4, -0.2) is 54.1 Å². The summed E-state index contributed by atoms with van der Waals surface area (Å²) in [5.41, 5.74) is 2.18. The Morgan fingerprint density at radius 2 is 2.00 bits per heavy atom. The number of nitrogens with zero attached hydrogens (tertiary/aromatic N) is 4. The van der Waals surface area contributed by atoms with Crippen LogP contribution in [0.15, 0.2) is 35.7 Å². The molecule has 1 amide bonds. The number of carbonyl (C=O) groups is 1. The quantitative estimate of drug-likeness (QED) is 0.843. The number of piperidine rings is 1. The second-order valence-corrected chi connectivity index (χ2v) is 8.23. The molecule has 28 heavy (non-hydrogen) atoms. The zero-order valence-electron chi connectivity index (χ0n) is 15.9. The second kappa shape index (κ2) is 8.72. The molecule has 1 aromatic carbocycles. The van der Waals surface area contributed by atoms with Gasteiger partial charge in [0.2, 0.25) is 5.91 Å². The zero-order valence-corrected chi connectivity index (χ0v) is 16.7. The van der Waals surface area contributed by atoms with Crippen molar-refractivity contribution in [2.24, 2.45) is 0 Å². The Morgan fingerprint density at radius 3 is 2.75 bits per heavy atom. The standard InChI is InChI=1S/C21H25N5OS/c22-13-18-7-4-10-26(18)20(27)14-23-17-8-11-25(12-9-17)21-24-19(15-28-21)16-5-2-1-3-6-16/h1-3,5-6,15,17-18,23H,4,7-12,14H2/t18-/m0/s1. The zero-order chi connectivity index (χ0) is 19.3. The molecule has 1 N–H and O–H groups in total. The fraction of sp³-hybridized carbons (Fsp3) is 0.476. The molecule has 2 aliphatic rings. The monoisotopic (exact) mass is 395 g/mol. The van der Waals surface area contributed by atoms with E-state index < -0.39 is 0 Å². The maximum atomic E-state index is 12.4. The summed E-state index contributed by atoms with van der Waals surface area (Å²) in [6.45, 7) is 2.93. The first-order valence-electron chi connectivity index (χ1n) is 9.93. The number of aromatic nitrogens is 1. The van der Waals surface area contributed by atoms with Crippen molar-refractivity contribution < 1.29 is 4.79 Å². The number of benzene rings is 1. The van der Waals surface area contributed by atoms with Gasteiger partial charge in [0.15, 0.2) is 5.13 Å². The van der Waals surface area contributed by atoms with Gasteiger partial charge in [-0.15, -0.1) is 11.3 Å². The van der Waals surface area contributed by atoms with E-state index in [0.717, 1.165) is 55.2 Å². The molecular formula is C21H25N5OS. The van der Waals surface area contributed by atoms with Gasteiger partial charge >= 0.3 is 0 Å². The number of hydrogen-bond acceptors (Lipinski definition) is 6. The lowest BCUT2D eigenvalue weighted by Crippen LogP contribution is -2.47. The van der Waals surface area contributed by atoms with Gasteiger partial charge in [-0.1, -0.05) is 30.3 Å². The second-order valence-electron chi connectivity index (χ2n) is 7.40. The van der Waals surface area contributed by atoms with Crippen molar-refractivity contribution in [2.45, 2.75) is 37.8 Å². The van der Waals surface area contributed by atoms with E-state index in [0.29, 0.717) is 19.1 Å². The lowest BCUT2D eigenvalue weighted by atomic mass is 10.1. The number of thiazole rings is 1. The molecule has 2 aromatic rings. The molecule has 0 bridgehead atoms. The first-order chi connectivity index (χ1) is 13.7. The van der Waals surface area contributed by atoms with E-state index in [1.165, 1.54) is 0 Å².